The minimum absolute atomic E-state index is 0.0207. The van der Waals surface area contributed by atoms with Crippen LogP contribution in [0.1, 0.15) is 31.1 Å². The van der Waals surface area contributed by atoms with Crippen molar-refractivity contribution in [1.29, 1.82) is 0 Å². The number of aromatic nitrogens is 6. The van der Waals surface area contributed by atoms with E-state index in [2.05, 4.69) is 25.8 Å². The van der Waals surface area contributed by atoms with Gasteiger partial charge in [0.05, 0.1) is 16.6 Å². The Kier molecular flexibility index (Phi) is 4.55. The topological polar surface area (TPSA) is 108 Å². The third-order valence-electron chi connectivity index (χ3n) is 5.11. The van der Waals surface area contributed by atoms with Crippen molar-refractivity contribution in [2.45, 2.75) is 31.7 Å². The van der Waals surface area contributed by atoms with Gasteiger partial charge in [0.2, 0.25) is 5.91 Å². The summed E-state index contributed by atoms with van der Waals surface area (Å²) in [5.41, 5.74) is 2.05. The molecule has 0 atom stereocenters. The molecule has 2 aromatic carbocycles. The highest BCUT2D eigenvalue weighted by molar-refractivity contribution is 5.91. The fourth-order valence-electron chi connectivity index (χ4n) is 3.53. The smallest absolute Gasteiger partial charge is 0.261 e. The highest BCUT2D eigenvalue weighted by Crippen LogP contribution is 2.34. The first-order valence-corrected chi connectivity index (χ1v) is 9.82. The maximum atomic E-state index is 12.9. The molecule has 1 aliphatic rings. The summed E-state index contributed by atoms with van der Waals surface area (Å²) in [6.45, 7) is 0. The number of tetrazole rings is 1. The third-order valence-corrected chi connectivity index (χ3v) is 5.11. The molecule has 1 amide bonds. The summed E-state index contributed by atoms with van der Waals surface area (Å²) in [5, 5.41) is 14.6. The quantitative estimate of drug-likeness (QED) is 0.531. The number of nitrogens with one attached hydrogen (secondary N) is 1. The van der Waals surface area contributed by atoms with Crippen LogP contribution in [0.2, 0.25) is 0 Å². The van der Waals surface area contributed by atoms with Crippen LogP contribution < -0.4 is 10.9 Å². The highest BCUT2D eigenvalue weighted by Gasteiger charge is 2.28. The molecule has 2 heterocycles. The van der Waals surface area contributed by atoms with Crippen molar-refractivity contribution >= 4 is 22.5 Å². The molecule has 1 fully saturated rings. The van der Waals surface area contributed by atoms with Gasteiger partial charge in [0.15, 0.2) is 0 Å². The number of carbonyl (C=O) groups is 1. The first-order valence-electron chi connectivity index (χ1n) is 9.82. The molecule has 0 bridgehead atoms. The van der Waals surface area contributed by atoms with E-state index in [0.717, 1.165) is 18.5 Å². The first kappa shape index (κ1) is 18.2. The van der Waals surface area contributed by atoms with Crippen LogP contribution in [-0.4, -0.2) is 35.7 Å². The molecule has 1 N–H and O–H groups in total. The average Bonchev–Trinajstić information content (AvgIpc) is 3.44. The predicted molar refractivity (Wildman–Crippen MR) is 110 cm³/mol. The second kappa shape index (κ2) is 7.51. The molecule has 1 aliphatic carbocycles. The minimum atomic E-state index is -0.145. The van der Waals surface area contributed by atoms with E-state index >= 15 is 0 Å². The zero-order chi connectivity index (χ0) is 20.5. The summed E-state index contributed by atoms with van der Waals surface area (Å²) in [7, 11) is 0. The molecule has 0 saturated heterocycles. The van der Waals surface area contributed by atoms with E-state index in [4.69, 9.17) is 0 Å². The van der Waals surface area contributed by atoms with Gasteiger partial charge in [-0.3, -0.25) is 14.2 Å². The minimum Gasteiger partial charge on any atom is -0.326 e. The van der Waals surface area contributed by atoms with Gasteiger partial charge in [-0.2, -0.15) is 0 Å². The van der Waals surface area contributed by atoms with Gasteiger partial charge in [0.25, 0.3) is 5.56 Å². The van der Waals surface area contributed by atoms with Gasteiger partial charge in [0, 0.05) is 24.6 Å². The largest absolute Gasteiger partial charge is 0.326 e. The van der Waals surface area contributed by atoms with Gasteiger partial charge >= 0.3 is 0 Å². The molecule has 9 heteroatoms. The zero-order valence-electron chi connectivity index (χ0n) is 16.1. The Balaban J connectivity index is 1.34. The fourth-order valence-corrected chi connectivity index (χ4v) is 3.53. The maximum absolute atomic E-state index is 12.9. The van der Waals surface area contributed by atoms with Crippen molar-refractivity contribution in [3.05, 3.63) is 71.0 Å². The van der Waals surface area contributed by atoms with Crippen molar-refractivity contribution < 1.29 is 4.79 Å². The molecule has 0 unspecified atom stereocenters. The Labute approximate surface area is 171 Å². The number of fused-ring (bicyclic) bond motifs is 1. The number of hydrogen-bond acceptors (Lipinski definition) is 6. The van der Waals surface area contributed by atoms with Crippen molar-refractivity contribution in [3.63, 3.8) is 0 Å². The number of carbonyl (C=O) groups excluding carboxylic acids is 1. The lowest BCUT2D eigenvalue weighted by Crippen LogP contribution is -2.25. The number of aryl methyl sites for hydroxylation is 1. The van der Waals surface area contributed by atoms with Crippen molar-refractivity contribution in [3.8, 4) is 5.69 Å². The number of hydrogen-bond donors (Lipinski definition) is 1. The van der Waals surface area contributed by atoms with Crippen LogP contribution in [0.25, 0.3) is 16.6 Å². The number of amides is 1. The lowest BCUT2D eigenvalue weighted by Gasteiger charge is -2.13. The zero-order valence-corrected chi connectivity index (χ0v) is 16.1. The van der Waals surface area contributed by atoms with Gasteiger partial charge < -0.3 is 5.32 Å². The molecule has 0 spiro atoms. The number of nitrogens with zero attached hydrogens (tertiary/aromatic N) is 6. The van der Waals surface area contributed by atoms with Crippen LogP contribution >= 0.6 is 0 Å². The fraction of sp³-hybridized carbons (Fsp3) is 0.238. The second-order valence-corrected chi connectivity index (χ2v) is 7.30. The SMILES string of the molecule is O=C(CCc1nc2ccccc2c(=O)n1C1CC1)Nc1cccc(-n2cnnn2)c1. The molecule has 2 aromatic heterocycles. The van der Waals surface area contributed by atoms with Gasteiger partial charge in [-0.25, -0.2) is 9.67 Å². The van der Waals surface area contributed by atoms with E-state index in [1.807, 2.05) is 30.3 Å². The molecular weight excluding hydrogens is 382 g/mol. The molecule has 9 nitrogen and oxygen atoms in total. The van der Waals surface area contributed by atoms with E-state index in [-0.39, 0.29) is 23.9 Å². The summed E-state index contributed by atoms with van der Waals surface area (Å²) >= 11 is 0. The molecule has 4 aromatic rings. The van der Waals surface area contributed by atoms with E-state index in [9.17, 15) is 9.59 Å². The third kappa shape index (κ3) is 3.57. The van der Waals surface area contributed by atoms with Gasteiger partial charge in [-0.1, -0.05) is 18.2 Å². The van der Waals surface area contributed by atoms with Crippen LogP contribution in [0.5, 0.6) is 0 Å². The molecular formula is C21H19N7O2. The summed E-state index contributed by atoms with van der Waals surface area (Å²) < 4.78 is 3.29. The van der Waals surface area contributed by atoms with Crippen LogP contribution in [0.4, 0.5) is 5.69 Å². The number of benzene rings is 2. The van der Waals surface area contributed by atoms with Crippen molar-refractivity contribution in [1.82, 2.24) is 29.8 Å². The Morgan fingerprint density at radius 3 is 2.80 bits per heavy atom. The first-order chi connectivity index (χ1) is 14.7. The molecule has 1 saturated carbocycles. The van der Waals surface area contributed by atoms with E-state index in [0.29, 0.717) is 28.8 Å². The van der Waals surface area contributed by atoms with Gasteiger partial charge in [-0.15, -0.1) is 5.10 Å². The summed E-state index contributed by atoms with van der Waals surface area (Å²) in [5.74, 6) is 0.521. The Morgan fingerprint density at radius 2 is 2.00 bits per heavy atom. The van der Waals surface area contributed by atoms with Crippen LogP contribution in [0.15, 0.2) is 59.7 Å². The van der Waals surface area contributed by atoms with Gasteiger partial charge in [-0.05, 0) is 53.6 Å². The lowest BCUT2D eigenvalue weighted by atomic mass is 10.2. The van der Waals surface area contributed by atoms with Crippen LogP contribution in [-0.2, 0) is 11.2 Å². The molecule has 0 aliphatic heterocycles. The second-order valence-electron chi connectivity index (χ2n) is 7.30. The predicted octanol–water partition coefficient (Wildman–Crippen LogP) is 2.28. The van der Waals surface area contributed by atoms with E-state index in [1.54, 1.807) is 22.8 Å². The normalized spacial score (nSPS) is 13.5. The molecule has 30 heavy (non-hydrogen) atoms. The van der Waals surface area contributed by atoms with Crippen molar-refractivity contribution in [2.24, 2.45) is 0 Å². The number of rotatable bonds is 6. The maximum Gasteiger partial charge on any atom is 0.261 e. The van der Waals surface area contributed by atoms with Crippen molar-refractivity contribution in [2.75, 3.05) is 5.32 Å². The molecule has 150 valence electrons. The van der Waals surface area contributed by atoms with E-state index in [1.165, 1.54) is 11.0 Å². The summed E-state index contributed by atoms with van der Waals surface area (Å²) in [6, 6.07) is 14.8. The van der Waals surface area contributed by atoms with Crippen LogP contribution in [0.3, 0.4) is 0 Å². The number of anilines is 1. The van der Waals surface area contributed by atoms with Gasteiger partial charge in [0.1, 0.15) is 12.2 Å². The Morgan fingerprint density at radius 1 is 1.13 bits per heavy atom. The number of para-hydroxylation sites is 1. The molecule has 5 rings (SSSR count). The standard InChI is InChI=1S/C21H19N7O2/c29-20(23-14-4-3-5-16(12-14)27-13-22-25-26-27)11-10-19-24-18-7-2-1-6-17(18)21(30)28(19)15-8-9-15/h1-7,12-13,15H,8-11H2,(H,23,29). The van der Waals surface area contributed by atoms with E-state index < -0.39 is 0 Å². The monoisotopic (exact) mass is 401 g/mol. The summed E-state index contributed by atoms with van der Waals surface area (Å²) in [4.78, 5) is 30.2. The Hall–Kier alpha value is -3.88. The summed E-state index contributed by atoms with van der Waals surface area (Å²) in [6.07, 6.45) is 4.07. The molecule has 0 radical (unpaired) electrons. The average molecular weight is 401 g/mol. The highest BCUT2D eigenvalue weighted by atomic mass is 16.1. The van der Waals surface area contributed by atoms with Crippen LogP contribution in [0, 0.1) is 0 Å². The lowest BCUT2D eigenvalue weighted by molar-refractivity contribution is -0.116. The Bertz CT molecular complexity index is 1280.